The van der Waals surface area contributed by atoms with Crippen LogP contribution in [-0.4, -0.2) is 37.5 Å². The normalized spacial score (nSPS) is 11.4. The minimum absolute atomic E-state index is 0.179. The summed E-state index contributed by atoms with van der Waals surface area (Å²) < 4.78 is 6.18. The van der Waals surface area contributed by atoms with E-state index >= 15 is 0 Å². The number of rotatable bonds is 7. The third-order valence-electron chi connectivity index (χ3n) is 7.33. The molecule has 0 unspecified atom stereocenters. The molecule has 0 saturated heterocycles. The monoisotopic (exact) mass is 585 g/mol. The first-order chi connectivity index (χ1) is 21.2. The Morgan fingerprint density at radius 3 is 2.34 bits per heavy atom. The number of fused-ring (bicyclic) bond motifs is 3. The lowest BCUT2D eigenvalue weighted by Gasteiger charge is -2.33. The Morgan fingerprint density at radius 1 is 0.841 bits per heavy atom. The summed E-state index contributed by atoms with van der Waals surface area (Å²) in [5.41, 5.74) is 5.21. The highest BCUT2D eigenvalue weighted by Gasteiger charge is 2.26. The highest BCUT2D eigenvalue weighted by atomic mass is 16.4. The van der Waals surface area contributed by atoms with Gasteiger partial charge in [0.2, 0.25) is 0 Å². The molecule has 0 aliphatic carbocycles. The van der Waals surface area contributed by atoms with Crippen molar-refractivity contribution in [1.29, 1.82) is 0 Å². The van der Waals surface area contributed by atoms with Crippen LogP contribution in [0.4, 0.5) is 22.0 Å². The van der Waals surface area contributed by atoms with E-state index in [1.165, 1.54) is 11.2 Å². The second-order valence-corrected chi connectivity index (χ2v) is 11.5. The number of nitrogens with zero attached hydrogens (tertiary/aromatic N) is 3. The van der Waals surface area contributed by atoms with Crippen molar-refractivity contribution >= 4 is 51.1 Å². The number of carboxylic acid groups (broad SMARTS) is 1. The second kappa shape index (κ2) is 11.5. The van der Waals surface area contributed by atoms with Gasteiger partial charge in [-0.3, -0.25) is 9.69 Å². The van der Waals surface area contributed by atoms with Gasteiger partial charge in [0.15, 0.2) is 0 Å². The van der Waals surface area contributed by atoms with E-state index < -0.39 is 11.6 Å². The zero-order valence-corrected chi connectivity index (χ0v) is 24.5. The molecule has 4 aromatic carbocycles. The Kier molecular flexibility index (Phi) is 7.45. The van der Waals surface area contributed by atoms with Gasteiger partial charge >= 0.3 is 6.09 Å². The summed E-state index contributed by atoms with van der Waals surface area (Å²) in [6.07, 6.45) is 0.502. The van der Waals surface area contributed by atoms with Gasteiger partial charge in [0.1, 0.15) is 23.3 Å². The molecule has 0 spiro atoms. The first-order valence-electron chi connectivity index (χ1n) is 14.2. The van der Waals surface area contributed by atoms with E-state index in [0.29, 0.717) is 17.1 Å². The Hall–Kier alpha value is -5.70. The maximum Gasteiger partial charge on any atom is 0.408 e. The molecule has 0 atom stereocenters. The number of nitrogens with one attached hydrogen (secondary N) is 2. The molecule has 9 nitrogen and oxygen atoms in total. The van der Waals surface area contributed by atoms with Crippen molar-refractivity contribution in [2.75, 3.05) is 10.6 Å². The lowest BCUT2D eigenvalue weighted by atomic mass is 10.0. The van der Waals surface area contributed by atoms with E-state index in [1.54, 1.807) is 30.3 Å². The van der Waals surface area contributed by atoms with Gasteiger partial charge in [-0.15, -0.1) is 0 Å². The molecule has 2 amide bonds. The molecule has 9 heteroatoms. The fraction of sp³-hybridized carbons (Fsp3) is 0.143. The topological polar surface area (TPSA) is 121 Å². The second-order valence-electron chi connectivity index (χ2n) is 11.5. The molecule has 0 bridgehead atoms. The maximum atomic E-state index is 13.0. The first-order valence-corrected chi connectivity index (χ1v) is 14.2. The average molecular weight is 586 g/mol. The zero-order valence-electron chi connectivity index (χ0n) is 24.5. The van der Waals surface area contributed by atoms with Crippen molar-refractivity contribution in [1.82, 2.24) is 14.9 Å². The fourth-order valence-corrected chi connectivity index (χ4v) is 5.10. The number of para-hydroxylation sites is 2. The number of carbonyl (C=O) groups is 2. The molecule has 0 fully saturated rings. The van der Waals surface area contributed by atoms with Gasteiger partial charge in [-0.2, -0.15) is 0 Å². The molecule has 0 aliphatic heterocycles. The van der Waals surface area contributed by atoms with Gasteiger partial charge in [0.05, 0.1) is 5.69 Å². The number of amides is 2. The minimum atomic E-state index is -1.01. The number of hydrogen-bond acceptors (Lipinski definition) is 6. The standard InChI is InChI=1S/C35H31N5O4/c1-35(2,3)40(34(42)43)20-22-8-6-9-23(18-22)33(41)39-25-16-14-24(15-17-25)38-31-19-29(36-21-37-31)28-12-7-11-27-26-10-4-5-13-30(26)44-32(27)28/h4-19,21H,20H2,1-3H3,(H,39,41)(H,42,43)(H,36,37,38). The number of hydrogen-bond donors (Lipinski definition) is 3. The highest BCUT2D eigenvalue weighted by Crippen LogP contribution is 2.35. The van der Waals surface area contributed by atoms with Crippen LogP contribution in [0.1, 0.15) is 36.7 Å². The molecule has 3 N–H and O–H groups in total. The Balaban J connectivity index is 1.15. The summed E-state index contributed by atoms with van der Waals surface area (Å²) in [4.78, 5) is 35.0. The lowest BCUT2D eigenvalue weighted by molar-refractivity contribution is 0.0955. The van der Waals surface area contributed by atoms with Crippen molar-refractivity contribution in [2.45, 2.75) is 32.9 Å². The fourth-order valence-electron chi connectivity index (χ4n) is 5.10. The molecule has 0 aliphatic rings. The van der Waals surface area contributed by atoms with E-state index in [1.807, 2.05) is 87.5 Å². The van der Waals surface area contributed by atoms with E-state index in [-0.39, 0.29) is 12.5 Å². The first kappa shape index (κ1) is 28.4. The number of benzene rings is 4. The van der Waals surface area contributed by atoms with Crippen LogP contribution in [0, 0.1) is 0 Å². The maximum absolute atomic E-state index is 13.0. The van der Waals surface area contributed by atoms with Crippen molar-refractivity contribution in [3.8, 4) is 11.3 Å². The quantitative estimate of drug-likeness (QED) is 0.172. The highest BCUT2D eigenvalue weighted by molar-refractivity contribution is 6.09. The summed E-state index contributed by atoms with van der Waals surface area (Å²) in [5, 5.41) is 17.9. The van der Waals surface area contributed by atoms with Crippen LogP contribution in [0.15, 0.2) is 108 Å². The van der Waals surface area contributed by atoms with Crippen LogP contribution < -0.4 is 10.6 Å². The summed E-state index contributed by atoms with van der Waals surface area (Å²) >= 11 is 0. The molecule has 6 aromatic rings. The minimum Gasteiger partial charge on any atom is -0.465 e. The average Bonchev–Trinajstić information content (AvgIpc) is 3.39. The zero-order chi connectivity index (χ0) is 30.8. The van der Waals surface area contributed by atoms with Gasteiger partial charge in [-0.1, -0.05) is 42.5 Å². The molecular weight excluding hydrogens is 554 g/mol. The van der Waals surface area contributed by atoms with Crippen LogP contribution >= 0.6 is 0 Å². The van der Waals surface area contributed by atoms with E-state index in [4.69, 9.17) is 4.42 Å². The summed E-state index contributed by atoms with van der Waals surface area (Å²) in [6.45, 7) is 5.69. The van der Waals surface area contributed by atoms with Crippen LogP contribution in [0.5, 0.6) is 0 Å². The van der Waals surface area contributed by atoms with Crippen molar-refractivity contribution in [3.63, 3.8) is 0 Å². The number of furan rings is 1. The van der Waals surface area contributed by atoms with E-state index in [0.717, 1.165) is 44.4 Å². The number of anilines is 3. The largest absolute Gasteiger partial charge is 0.465 e. The van der Waals surface area contributed by atoms with Crippen LogP contribution in [0.2, 0.25) is 0 Å². The number of carbonyl (C=O) groups excluding carboxylic acids is 1. The molecule has 0 radical (unpaired) electrons. The Morgan fingerprint density at radius 2 is 1.57 bits per heavy atom. The van der Waals surface area contributed by atoms with Gasteiger partial charge in [0, 0.05) is 51.4 Å². The van der Waals surface area contributed by atoms with Crippen molar-refractivity contribution in [3.05, 3.63) is 115 Å². The summed E-state index contributed by atoms with van der Waals surface area (Å²) in [6, 6.07) is 30.1. The van der Waals surface area contributed by atoms with E-state index in [9.17, 15) is 14.7 Å². The third kappa shape index (κ3) is 5.94. The van der Waals surface area contributed by atoms with Crippen molar-refractivity contribution < 1.29 is 19.1 Å². The molecule has 220 valence electrons. The third-order valence-corrected chi connectivity index (χ3v) is 7.33. The Labute approximate surface area is 254 Å². The van der Waals surface area contributed by atoms with Crippen LogP contribution in [-0.2, 0) is 6.54 Å². The molecule has 2 heterocycles. The van der Waals surface area contributed by atoms with Gasteiger partial charge < -0.3 is 20.2 Å². The summed E-state index contributed by atoms with van der Waals surface area (Å²) in [7, 11) is 0. The molecule has 6 rings (SSSR count). The SMILES string of the molecule is CC(C)(C)N(Cc1cccc(C(=O)Nc2ccc(Nc3cc(-c4cccc5c4oc4ccccc45)ncn3)cc2)c1)C(=O)O. The molecule has 44 heavy (non-hydrogen) atoms. The summed E-state index contributed by atoms with van der Waals surface area (Å²) in [5.74, 6) is 0.327. The van der Waals surface area contributed by atoms with Crippen molar-refractivity contribution in [2.24, 2.45) is 0 Å². The van der Waals surface area contributed by atoms with Gasteiger partial charge in [-0.25, -0.2) is 14.8 Å². The van der Waals surface area contributed by atoms with Crippen LogP contribution in [0.3, 0.4) is 0 Å². The predicted octanol–water partition coefficient (Wildman–Crippen LogP) is 8.32. The Bertz CT molecular complexity index is 1990. The molecule has 0 saturated carbocycles. The van der Waals surface area contributed by atoms with Crippen LogP contribution in [0.25, 0.3) is 33.2 Å². The van der Waals surface area contributed by atoms with Gasteiger partial charge in [0.25, 0.3) is 5.91 Å². The lowest BCUT2D eigenvalue weighted by Crippen LogP contribution is -2.44. The molecular formula is C35H31N5O4. The molecule has 2 aromatic heterocycles. The smallest absolute Gasteiger partial charge is 0.408 e. The number of aromatic nitrogens is 2. The predicted molar refractivity (Wildman–Crippen MR) is 172 cm³/mol. The van der Waals surface area contributed by atoms with E-state index in [2.05, 4.69) is 20.6 Å². The van der Waals surface area contributed by atoms with Gasteiger partial charge in [-0.05, 0) is 74.9 Å².